The first kappa shape index (κ1) is 19.7. The lowest BCUT2D eigenvalue weighted by Crippen LogP contribution is -2.25. The van der Waals surface area contributed by atoms with Gasteiger partial charge in [0.25, 0.3) is 0 Å². The van der Waals surface area contributed by atoms with Crippen molar-refractivity contribution in [1.29, 1.82) is 0 Å². The number of hydrogen-bond acceptors (Lipinski definition) is 4. The minimum Gasteiger partial charge on any atom is -0.346 e. The Kier molecular flexibility index (Phi) is 5.21. The monoisotopic (exact) mass is 422 g/mol. The summed E-state index contributed by atoms with van der Waals surface area (Å²) in [7, 11) is 0. The molecule has 1 atom stereocenters. The van der Waals surface area contributed by atoms with Gasteiger partial charge in [-0.05, 0) is 35.7 Å². The van der Waals surface area contributed by atoms with Crippen LogP contribution in [-0.2, 0) is 4.79 Å². The van der Waals surface area contributed by atoms with Crippen molar-refractivity contribution >= 4 is 22.6 Å². The minimum absolute atomic E-state index is 0.107. The Hall–Kier alpha value is -4.26. The standard InChI is InChI=1S/C25H22N6O/c1-2-22(25(32)30-20-10-8-18(9-11-20)17-6-4-3-5-7-17)31-15-19(14-29-31)23-21-12-13-26-24(21)28-16-27-23/h3-16,22H,2H2,1H3,(H,30,32)(H,26,27,28). The van der Waals surface area contributed by atoms with Gasteiger partial charge in [0.1, 0.15) is 18.0 Å². The number of hydrogen-bond donors (Lipinski definition) is 2. The summed E-state index contributed by atoms with van der Waals surface area (Å²) in [4.78, 5) is 24.7. The van der Waals surface area contributed by atoms with Gasteiger partial charge in [-0.3, -0.25) is 9.48 Å². The molecule has 0 bridgehead atoms. The van der Waals surface area contributed by atoms with E-state index in [4.69, 9.17) is 0 Å². The Morgan fingerprint density at radius 2 is 1.78 bits per heavy atom. The van der Waals surface area contributed by atoms with E-state index in [1.165, 1.54) is 6.33 Å². The highest BCUT2D eigenvalue weighted by molar-refractivity contribution is 5.94. The predicted molar refractivity (Wildman–Crippen MR) is 125 cm³/mol. The first-order valence-corrected chi connectivity index (χ1v) is 10.5. The van der Waals surface area contributed by atoms with Crippen LogP contribution < -0.4 is 5.32 Å². The molecule has 2 aromatic carbocycles. The molecule has 7 nitrogen and oxygen atoms in total. The van der Waals surface area contributed by atoms with Gasteiger partial charge in [0.15, 0.2) is 0 Å². The van der Waals surface area contributed by atoms with E-state index >= 15 is 0 Å². The van der Waals surface area contributed by atoms with E-state index in [2.05, 4.69) is 37.5 Å². The molecule has 0 aliphatic rings. The fourth-order valence-corrected chi connectivity index (χ4v) is 3.83. The van der Waals surface area contributed by atoms with Crippen LogP contribution in [0.3, 0.4) is 0 Å². The van der Waals surface area contributed by atoms with Crippen molar-refractivity contribution in [3.63, 3.8) is 0 Å². The summed E-state index contributed by atoms with van der Waals surface area (Å²) in [5.41, 5.74) is 5.40. The minimum atomic E-state index is -0.430. The molecule has 0 saturated heterocycles. The maximum absolute atomic E-state index is 13.0. The highest BCUT2D eigenvalue weighted by Gasteiger charge is 2.21. The van der Waals surface area contributed by atoms with Gasteiger partial charge in [-0.2, -0.15) is 5.10 Å². The molecule has 1 amide bonds. The predicted octanol–water partition coefficient (Wildman–Crippen LogP) is 5.08. The van der Waals surface area contributed by atoms with Gasteiger partial charge in [-0.25, -0.2) is 9.97 Å². The van der Waals surface area contributed by atoms with Crippen LogP contribution in [0.4, 0.5) is 5.69 Å². The van der Waals surface area contributed by atoms with Crippen molar-refractivity contribution in [3.05, 3.63) is 85.6 Å². The normalized spacial score (nSPS) is 12.0. The van der Waals surface area contributed by atoms with Gasteiger partial charge in [0.2, 0.25) is 5.91 Å². The van der Waals surface area contributed by atoms with Crippen LogP contribution in [0.15, 0.2) is 85.6 Å². The number of carbonyl (C=O) groups is 1. The molecule has 0 radical (unpaired) electrons. The Bertz CT molecular complexity index is 1350. The SMILES string of the molecule is CCC(C(=O)Nc1ccc(-c2ccccc2)cc1)n1cc(-c2ncnc3[nH]ccc23)cn1. The molecule has 32 heavy (non-hydrogen) atoms. The van der Waals surface area contributed by atoms with Crippen LogP contribution in [0.5, 0.6) is 0 Å². The van der Waals surface area contributed by atoms with Crippen LogP contribution in [0.2, 0.25) is 0 Å². The molecule has 0 saturated carbocycles. The molecule has 5 rings (SSSR count). The number of rotatable bonds is 6. The molecule has 3 aromatic heterocycles. The molecular formula is C25H22N6O. The molecule has 0 aliphatic carbocycles. The summed E-state index contributed by atoms with van der Waals surface area (Å²) in [6.45, 7) is 1.97. The summed E-state index contributed by atoms with van der Waals surface area (Å²) in [6, 6.07) is 19.5. The second-order valence-electron chi connectivity index (χ2n) is 7.53. The van der Waals surface area contributed by atoms with Crippen molar-refractivity contribution in [3.8, 4) is 22.4 Å². The van der Waals surface area contributed by atoms with Crippen molar-refractivity contribution in [2.75, 3.05) is 5.32 Å². The van der Waals surface area contributed by atoms with Crippen molar-refractivity contribution in [1.82, 2.24) is 24.7 Å². The first-order chi connectivity index (χ1) is 15.7. The zero-order chi connectivity index (χ0) is 21.9. The Morgan fingerprint density at radius 3 is 2.56 bits per heavy atom. The summed E-state index contributed by atoms with van der Waals surface area (Å²) in [6.07, 6.45) is 7.56. The lowest BCUT2D eigenvalue weighted by atomic mass is 10.1. The molecule has 5 aromatic rings. The van der Waals surface area contributed by atoms with Crippen molar-refractivity contribution in [2.45, 2.75) is 19.4 Å². The lowest BCUT2D eigenvalue weighted by Gasteiger charge is -2.16. The van der Waals surface area contributed by atoms with Gasteiger partial charge in [0.05, 0.1) is 11.9 Å². The zero-order valence-corrected chi connectivity index (χ0v) is 17.6. The molecule has 3 heterocycles. The molecule has 7 heteroatoms. The number of anilines is 1. The number of H-pyrrole nitrogens is 1. The quantitative estimate of drug-likeness (QED) is 0.399. The average molecular weight is 422 g/mol. The van der Waals surface area contributed by atoms with E-state index in [0.29, 0.717) is 6.42 Å². The van der Waals surface area contributed by atoms with E-state index in [9.17, 15) is 4.79 Å². The number of benzene rings is 2. The van der Waals surface area contributed by atoms with E-state index in [1.54, 1.807) is 10.9 Å². The molecule has 158 valence electrons. The number of nitrogens with one attached hydrogen (secondary N) is 2. The first-order valence-electron chi connectivity index (χ1n) is 10.5. The van der Waals surface area contributed by atoms with Gasteiger partial charge < -0.3 is 10.3 Å². The van der Waals surface area contributed by atoms with Gasteiger partial charge in [0, 0.05) is 29.0 Å². The van der Waals surface area contributed by atoms with Crippen LogP contribution in [0, 0.1) is 0 Å². The fourth-order valence-electron chi connectivity index (χ4n) is 3.83. The van der Waals surface area contributed by atoms with Gasteiger partial charge in [-0.15, -0.1) is 0 Å². The number of aromatic nitrogens is 5. The molecule has 2 N–H and O–H groups in total. The summed E-state index contributed by atoms with van der Waals surface area (Å²) in [5.74, 6) is -0.107. The lowest BCUT2D eigenvalue weighted by molar-refractivity contribution is -0.119. The largest absolute Gasteiger partial charge is 0.346 e. The average Bonchev–Trinajstić information content (AvgIpc) is 3.50. The number of amides is 1. The molecule has 0 spiro atoms. The van der Waals surface area contributed by atoms with Gasteiger partial charge in [-0.1, -0.05) is 49.4 Å². The third-order valence-corrected chi connectivity index (χ3v) is 5.50. The van der Waals surface area contributed by atoms with E-state index in [-0.39, 0.29) is 5.91 Å². The number of nitrogens with zero attached hydrogens (tertiary/aromatic N) is 4. The zero-order valence-electron chi connectivity index (χ0n) is 17.6. The number of aromatic amines is 1. The Balaban J connectivity index is 1.34. The third-order valence-electron chi connectivity index (χ3n) is 5.50. The van der Waals surface area contributed by atoms with Crippen LogP contribution in [0.1, 0.15) is 19.4 Å². The van der Waals surface area contributed by atoms with Crippen molar-refractivity contribution in [2.24, 2.45) is 0 Å². The summed E-state index contributed by atoms with van der Waals surface area (Å²) < 4.78 is 1.70. The highest BCUT2D eigenvalue weighted by Crippen LogP contribution is 2.26. The Morgan fingerprint density at radius 1 is 1.00 bits per heavy atom. The number of fused-ring (bicyclic) bond motifs is 1. The second kappa shape index (κ2) is 8.47. The second-order valence-corrected chi connectivity index (χ2v) is 7.53. The highest BCUT2D eigenvalue weighted by atomic mass is 16.2. The molecular weight excluding hydrogens is 400 g/mol. The van der Waals surface area contributed by atoms with Gasteiger partial charge >= 0.3 is 0 Å². The van der Waals surface area contributed by atoms with Crippen LogP contribution in [0.25, 0.3) is 33.4 Å². The van der Waals surface area contributed by atoms with Crippen LogP contribution in [-0.4, -0.2) is 30.6 Å². The third kappa shape index (κ3) is 3.76. The Labute approximate surface area is 185 Å². The van der Waals surface area contributed by atoms with E-state index in [0.717, 1.165) is 39.1 Å². The van der Waals surface area contributed by atoms with E-state index in [1.807, 2.05) is 67.8 Å². The van der Waals surface area contributed by atoms with Crippen LogP contribution >= 0.6 is 0 Å². The summed E-state index contributed by atoms with van der Waals surface area (Å²) >= 11 is 0. The number of carbonyl (C=O) groups excluding carboxylic acids is 1. The topological polar surface area (TPSA) is 88.5 Å². The van der Waals surface area contributed by atoms with Crippen molar-refractivity contribution < 1.29 is 4.79 Å². The fraction of sp³-hybridized carbons (Fsp3) is 0.120. The molecule has 0 fully saturated rings. The molecule has 0 aliphatic heterocycles. The van der Waals surface area contributed by atoms with E-state index < -0.39 is 6.04 Å². The maximum Gasteiger partial charge on any atom is 0.249 e. The molecule has 1 unspecified atom stereocenters. The smallest absolute Gasteiger partial charge is 0.249 e. The maximum atomic E-state index is 13.0. The summed E-state index contributed by atoms with van der Waals surface area (Å²) in [5, 5.41) is 8.39.